The summed E-state index contributed by atoms with van der Waals surface area (Å²) in [6.45, 7) is 1.98. The lowest BCUT2D eigenvalue weighted by atomic mass is 9.91. The van der Waals surface area contributed by atoms with Gasteiger partial charge in [-0.1, -0.05) is 24.3 Å². The molecule has 37 heavy (non-hydrogen) atoms. The van der Waals surface area contributed by atoms with E-state index in [-0.39, 0.29) is 18.3 Å². The van der Waals surface area contributed by atoms with Crippen LogP contribution in [0.25, 0.3) is 0 Å². The minimum atomic E-state index is -4.49. The molecule has 0 radical (unpaired) electrons. The molecule has 1 aliphatic heterocycles. The molecule has 1 heterocycles. The molecule has 0 N–H and O–H groups in total. The Hall–Kier alpha value is -3.88. The van der Waals surface area contributed by atoms with Crippen LogP contribution in [0.15, 0.2) is 66.7 Å². The van der Waals surface area contributed by atoms with Crippen molar-refractivity contribution < 1.29 is 36.9 Å². The topological polar surface area (TPSA) is 57.2 Å². The first kappa shape index (κ1) is 26.2. The van der Waals surface area contributed by atoms with Gasteiger partial charge in [0.2, 0.25) is 0 Å². The number of rotatable bonds is 8. The van der Waals surface area contributed by atoms with Crippen LogP contribution in [0, 0.1) is 0 Å². The molecule has 6 nitrogen and oxygen atoms in total. The quantitative estimate of drug-likeness (QED) is 0.386. The second-order valence-electron chi connectivity index (χ2n) is 8.61. The summed E-state index contributed by atoms with van der Waals surface area (Å²) in [5.74, 6) is 1.39. The second-order valence-corrected chi connectivity index (χ2v) is 8.61. The molecule has 3 aromatic rings. The first-order valence-corrected chi connectivity index (χ1v) is 11.8. The van der Waals surface area contributed by atoms with Crippen molar-refractivity contribution in [3.63, 3.8) is 0 Å². The van der Waals surface area contributed by atoms with Crippen molar-refractivity contribution in [2.24, 2.45) is 0 Å². The highest BCUT2D eigenvalue weighted by molar-refractivity contribution is 5.82. The Morgan fingerprint density at radius 1 is 0.973 bits per heavy atom. The molecule has 0 saturated heterocycles. The van der Waals surface area contributed by atoms with Crippen molar-refractivity contribution in [2.75, 3.05) is 27.4 Å². The average Bonchev–Trinajstić information content (AvgIpc) is 2.90. The van der Waals surface area contributed by atoms with E-state index in [0.717, 1.165) is 23.3 Å². The summed E-state index contributed by atoms with van der Waals surface area (Å²) in [5, 5.41) is 0. The van der Waals surface area contributed by atoms with Gasteiger partial charge in [0.15, 0.2) is 17.6 Å². The van der Waals surface area contributed by atoms with Gasteiger partial charge in [-0.05, 0) is 66.9 Å². The maximum atomic E-state index is 13.5. The smallest absolute Gasteiger partial charge is 0.416 e. The van der Waals surface area contributed by atoms with Gasteiger partial charge in [-0.3, -0.25) is 4.79 Å². The molecule has 0 aliphatic carbocycles. The van der Waals surface area contributed by atoms with Crippen LogP contribution < -0.4 is 18.9 Å². The molecule has 2 unspecified atom stereocenters. The first-order valence-electron chi connectivity index (χ1n) is 11.8. The van der Waals surface area contributed by atoms with Crippen molar-refractivity contribution in [3.8, 4) is 23.0 Å². The van der Waals surface area contributed by atoms with Gasteiger partial charge in [0.25, 0.3) is 5.91 Å². The number of nitrogens with zero attached hydrogens (tertiary/aromatic N) is 1. The number of halogens is 3. The van der Waals surface area contributed by atoms with Crippen molar-refractivity contribution >= 4 is 5.91 Å². The summed E-state index contributed by atoms with van der Waals surface area (Å²) in [6, 6.07) is 16.8. The summed E-state index contributed by atoms with van der Waals surface area (Å²) in [4.78, 5) is 15.2. The lowest BCUT2D eigenvalue weighted by Gasteiger charge is -2.38. The van der Waals surface area contributed by atoms with E-state index in [4.69, 9.17) is 18.9 Å². The minimum absolute atomic E-state index is 0.0587. The molecule has 0 bridgehead atoms. The Bertz CT molecular complexity index is 1230. The van der Waals surface area contributed by atoms with Crippen LogP contribution >= 0.6 is 0 Å². The van der Waals surface area contributed by atoms with Crippen LogP contribution in [0.4, 0.5) is 13.2 Å². The zero-order chi connectivity index (χ0) is 26.6. The fraction of sp³-hybridized carbons (Fsp3) is 0.321. The molecule has 0 saturated carbocycles. The molecule has 3 aromatic carbocycles. The highest BCUT2D eigenvalue weighted by Crippen LogP contribution is 2.39. The van der Waals surface area contributed by atoms with Gasteiger partial charge in [0, 0.05) is 6.54 Å². The Morgan fingerprint density at radius 2 is 1.65 bits per heavy atom. The normalized spacial score (nSPS) is 15.9. The standard InChI is InChI=1S/C28H28F3NO5/c1-18(37-21-9-5-4-6-10-21)27(33)32-13-12-19-14-25(34-2)26(35-3)16-23(19)24(32)17-36-22-11-7-8-20(15-22)28(29,30)31/h4-11,14-16,18,24H,12-13,17H2,1-3H3. The number of hydrogen-bond acceptors (Lipinski definition) is 5. The molecule has 2 atom stereocenters. The van der Waals surface area contributed by atoms with Gasteiger partial charge in [0.05, 0.1) is 25.8 Å². The van der Waals surface area contributed by atoms with Crippen LogP contribution in [0.2, 0.25) is 0 Å². The lowest BCUT2D eigenvalue weighted by molar-refractivity contribution is -0.141. The molecule has 1 amide bonds. The Morgan fingerprint density at radius 3 is 2.32 bits per heavy atom. The van der Waals surface area contributed by atoms with Crippen LogP contribution in [0.1, 0.15) is 29.7 Å². The predicted octanol–water partition coefficient (Wildman–Crippen LogP) is 5.69. The molecule has 1 aliphatic rings. The van der Waals surface area contributed by atoms with E-state index in [9.17, 15) is 18.0 Å². The summed E-state index contributed by atoms with van der Waals surface area (Å²) in [6.07, 6.45) is -4.73. The highest BCUT2D eigenvalue weighted by Gasteiger charge is 2.36. The third-order valence-electron chi connectivity index (χ3n) is 6.26. The average molecular weight is 516 g/mol. The second kappa shape index (κ2) is 11.0. The Kier molecular flexibility index (Phi) is 7.80. The van der Waals surface area contributed by atoms with Crippen molar-refractivity contribution in [2.45, 2.75) is 31.7 Å². The summed E-state index contributed by atoms with van der Waals surface area (Å²) >= 11 is 0. The number of ether oxygens (including phenoxy) is 4. The molecular formula is C28H28F3NO5. The van der Waals surface area contributed by atoms with Crippen LogP contribution in [0.3, 0.4) is 0 Å². The minimum Gasteiger partial charge on any atom is -0.493 e. The fourth-order valence-electron chi connectivity index (χ4n) is 4.40. The van der Waals surface area contributed by atoms with Gasteiger partial charge < -0.3 is 23.8 Å². The Labute approximate surface area is 213 Å². The summed E-state index contributed by atoms with van der Waals surface area (Å²) in [7, 11) is 3.06. The number of amides is 1. The molecule has 4 rings (SSSR count). The number of carbonyl (C=O) groups is 1. The zero-order valence-electron chi connectivity index (χ0n) is 20.7. The van der Waals surface area contributed by atoms with E-state index in [1.165, 1.54) is 19.2 Å². The molecule has 196 valence electrons. The summed E-state index contributed by atoms with van der Waals surface area (Å²) < 4.78 is 62.2. The molecule has 0 aromatic heterocycles. The number of benzene rings is 3. The van der Waals surface area contributed by atoms with Gasteiger partial charge in [-0.15, -0.1) is 0 Å². The largest absolute Gasteiger partial charge is 0.493 e. The number of alkyl halides is 3. The van der Waals surface area contributed by atoms with Crippen molar-refractivity contribution in [3.05, 3.63) is 83.4 Å². The van der Waals surface area contributed by atoms with E-state index in [1.807, 2.05) is 24.3 Å². The van der Waals surface area contributed by atoms with E-state index >= 15 is 0 Å². The van der Waals surface area contributed by atoms with Crippen LogP contribution in [-0.4, -0.2) is 44.3 Å². The number of fused-ring (bicyclic) bond motifs is 1. The maximum absolute atomic E-state index is 13.5. The molecule has 0 spiro atoms. The van der Waals surface area contributed by atoms with Crippen LogP contribution in [-0.2, 0) is 17.4 Å². The lowest BCUT2D eigenvalue weighted by Crippen LogP contribution is -2.47. The third-order valence-corrected chi connectivity index (χ3v) is 6.26. The predicted molar refractivity (Wildman–Crippen MR) is 131 cm³/mol. The van der Waals surface area contributed by atoms with Crippen molar-refractivity contribution in [1.29, 1.82) is 0 Å². The van der Waals surface area contributed by atoms with Gasteiger partial charge in [0.1, 0.15) is 18.1 Å². The monoisotopic (exact) mass is 515 g/mol. The number of methoxy groups -OCH3 is 2. The molecule has 9 heteroatoms. The zero-order valence-corrected chi connectivity index (χ0v) is 20.7. The molecular weight excluding hydrogens is 487 g/mol. The number of hydrogen-bond donors (Lipinski definition) is 0. The maximum Gasteiger partial charge on any atom is 0.416 e. The molecule has 0 fully saturated rings. The van der Waals surface area contributed by atoms with E-state index in [2.05, 4.69) is 0 Å². The first-order chi connectivity index (χ1) is 17.7. The number of para-hydroxylation sites is 1. The Balaban J connectivity index is 1.64. The SMILES string of the molecule is COc1cc2c(cc1OC)C(COc1cccc(C(F)(F)F)c1)N(C(=O)C(C)Oc1ccccc1)CC2. The van der Waals surface area contributed by atoms with E-state index in [1.54, 1.807) is 37.1 Å². The van der Waals surface area contributed by atoms with Gasteiger partial charge in [-0.25, -0.2) is 0 Å². The highest BCUT2D eigenvalue weighted by atomic mass is 19.4. The summed E-state index contributed by atoms with van der Waals surface area (Å²) in [5.41, 5.74) is 0.908. The van der Waals surface area contributed by atoms with E-state index < -0.39 is 23.9 Å². The van der Waals surface area contributed by atoms with Crippen molar-refractivity contribution in [1.82, 2.24) is 4.90 Å². The number of carbonyl (C=O) groups excluding carboxylic acids is 1. The van der Waals surface area contributed by atoms with Gasteiger partial charge >= 0.3 is 6.18 Å². The van der Waals surface area contributed by atoms with E-state index in [0.29, 0.717) is 30.2 Å². The fourth-order valence-corrected chi connectivity index (χ4v) is 4.40. The van der Waals surface area contributed by atoms with Crippen LogP contribution in [0.5, 0.6) is 23.0 Å². The third kappa shape index (κ3) is 5.93. The van der Waals surface area contributed by atoms with Gasteiger partial charge in [-0.2, -0.15) is 13.2 Å².